The van der Waals surface area contributed by atoms with E-state index in [9.17, 15) is 9.59 Å². The van der Waals surface area contributed by atoms with E-state index in [0.717, 1.165) is 0 Å². The van der Waals surface area contributed by atoms with Crippen molar-refractivity contribution in [2.75, 3.05) is 0 Å². The van der Waals surface area contributed by atoms with Gasteiger partial charge in [-0.05, 0) is 12.1 Å². The van der Waals surface area contributed by atoms with Gasteiger partial charge in [0.15, 0.2) is 0 Å². The minimum absolute atomic E-state index is 0.154. The number of benzene rings is 1. The predicted octanol–water partition coefficient (Wildman–Crippen LogP) is 0.680. The normalized spacial score (nSPS) is 19.1. The number of hydrogen-bond acceptors (Lipinski definition) is 5. The van der Waals surface area contributed by atoms with Crippen LogP contribution in [0.15, 0.2) is 29.4 Å². The maximum atomic E-state index is 10.9. The highest BCUT2D eigenvalue weighted by Gasteiger charge is 2.27. The van der Waals surface area contributed by atoms with Gasteiger partial charge in [0.2, 0.25) is 0 Å². The van der Waals surface area contributed by atoms with Crippen molar-refractivity contribution >= 4 is 17.7 Å². The number of carboxylic acid groups (broad SMARTS) is 2. The lowest BCUT2D eigenvalue weighted by atomic mass is 9.99. The van der Waals surface area contributed by atoms with Crippen LogP contribution < -0.4 is 5.73 Å². The molecule has 0 saturated heterocycles. The monoisotopic (exact) mass is 278 g/mol. The van der Waals surface area contributed by atoms with E-state index < -0.39 is 24.1 Å². The molecule has 1 heterocycles. The zero-order valence-electron chi connectivity index (χ0n) is 10.5. The maximum absolute atomic E-state index is 10.9. The quantitative estimate of drug-likeness (QED) is 0.728. The van der Waals surface area contributed by atoms with Crippen molar-refractivity contribution in [3.63, 3.8) is 0 Å². The second kappa shape index (κ2) is 5.70. The first kappa shape index (κ1) is 14.0. The third-order valence-corrected chi connectivity index (χ3v) is 3.01. The fourth-order valence-corrected chi connectivity index (χ4v) is 1.94. The van der Waals surface area contributed by atoms with Gasteiger partial charge in [-0.3, -0.25) is 4.79 Å². The molecule has 1 aliphatic rings. The molecule has 7 nitrogen and oxygen atoms in total. The lowest BCUT2D eigenvalue weighted by molar-refractivity contribution is -0.139. The number of rotatable bonds is 5. The van der Waals surface area contributed by atoms with Gasteiger partial charge in [0.05, 0.1) is 11.3 Å². The van der Waals surface area contributed by atoms with Crippen LogP contribution in [-0.4, -0.2) is 40.0 Å². The number of oxime groups is 1. The molecule has 106 valence electrons. The molecule has 7 heteroatoms. The lowest BCUT2D eigenvalue weighted by Gasteiger charge is -2.10. The molecule has 2 rings (SSSR count). The number of aliphatic carboxylic acids is 1. The first-order chi connectivity index (χ1) is 9.47. The highest BCUT2D eigenvalue weighted by molar-refractivity contribution is 6.03. The second-order valence-corrected chi connectivity index (χ2v) is 4.54. The summed E-state index contributed by atoms with van der Waals surface area (Å²) in [6, 6.07) is 5.34. The fraction of sp³-hybridized carbons (Fsp3) is 0.308. The molecule has 0 aliphatic carbocycles. The Morgan fingerprint density at radius 2 is 2.20 bits per heavy atom. The lowest BCUT2D eigenvalue weighted by Crippen LogP contribution is -2.34. The first-order valence-corrected chi connectivity index (χ1v) is 6.02. The van der Waals surface area contributed by atoms with E-state index in [-0.39, 0.29) is 12.0 Å². The maximum Gasteiger partial charge on any atom is 0.335 e. The molecule has 0 fully saturated rings. The average Bonchev–Trinajstić information content (AvgIpc) is 2.87. The van der Waals surface area contributed by atoms with Crippen molar-refractivity contribution in [2.45, 2.75) is 25.0 Å². The van der Waals surface area contributed by atoms with Gasteiger partial charge >= 0.3 is 11.9 Å². The van der Waals surface area contributed by atoms with E-state index in [2.05, 4.69) is 5.16 Å². The molecule has 0 unspecified atom stereocenters. The minimum Gasteiger partial charge on any atom is -0.480 e. The molecular formula is C13H14N2O5. The van der Waals surface area contributed by atoms with Gasteiger partial charge in [-0.25, -0.2) is 4.79 Å². The molecule has 1 aliphatic heterocycles. The Balaban J connectivity index is 2.04. The molecule has 1 aromatic carbocycles. The standard InChI is InChI=1S/C13H14N2O5/c14-10(13(18)19)5-9-6-11(15-20-9)7-2-1-3-8(4-7)12(16)17/h1-4,9-10H,5-6,14H2,(H,16,17)(H,18,19)/t9-,10+/m1/s1. The summed E-state index contributed by atoms with van der Waals surface area (Å²) in [6.45, 7) is 0. The molecule has 0 spiro atoms. The predicted molar refractivity (Wildman–Crippen MR) is 69.7 cm³/mol. The van der Waals surface area contributed by atoms with Crippen molar-refractivity contribution in [2.24, 2.45) is 10.9 Å². The smallest absolute Gasteiger partial charge is 0.335 e. The second-order valence-electron chi connectivity index (χ2n) is 4.54. The summed E-state index contributed by atoms with van der Waals surface area (Å²) in [7, 11) is 0. The van der Waals surface area contributed by atoms with E-state index in [0.29, 0.717) is 17.7 Å². The van der Waals surface area contributed by atoms with Gasteiger partial charge in [-0.1, -0.05) is 17.3 Å². The van der Waals surface area contributed by atoms with Crippen LogP contribution in [0.3, 0.4) is 0 Å². The number of aromatic carboxylic acids is 1. The van der Waals surface area contributed by atoms with Crippen molar-refractivity contribution < 1.29 is 24.6 Å². The van der Waals surface area contributed by atoms with Gasteiger partial charge in [-0.2, -0.15) is 0 Å². The van der Waals surface area contributed by atoms with Crippen LogP contribution in [0.4, 0.5) is 0 Å². The Kier molecular flexibility index (Phi) is 3.99. The number of carbonyl (C=O) groups is 2. The molecule has 0 aromatic heterocycles. The topological polar surface area (TPSA) is 122 Å². The van der Waals surface area contributed by atoms with Crippen LogP contribution in [-0.2, 0) is 9.63 Å². The van der Waals surface area contributed by atoms with Crippen LogP contribution in [0, 0.1) is 0 Å². The molecule has 0 saturated carbocycles. The summed E-state index contributed by atoms with van der Waals surface area (Å²) in [5.41, 5.74) is 6.84. The highest BCUT2D eigenvalue weighted by atomic mass is 16.6. The zero-order valence-corrected chi connectivity index (χ0v) is 10.5. The minimum atomic E-state index is -1.09. The van der Waals surface area contributed by atoms with Gasteiger partial charge in [0.1, 0.15) is 12.1 Å². The molecule has 20 heavy (non-hydrogen) atoms. The Hall–Kier alpha value is -2.41. The van der Waals surface area contributed by atoms with Gasteiger partial charge in [0, 0.05) is 18.4 Å². The SMILES string of the molecule is N[C@@H](C[C@@H]1CC(c2cccc(C(=O)O)c2)=NO1)C(=O)O. The molecule has 2 atom stereocenters. The number of hydrogen-bond donors (Lipinski definition) is 3. The molecule has 1 aromatic rings. The highest BCUT2D eigenvalue weighted by Crippen LogP contribution is 2.20. The third kappa shape index (κ3) is 3.12. The summed E-state index contributed by atoms with van der Waals surface area (Å²) >= 11 is 0. The summed E-state index contributed by atoms with van der Waals surface area (Å²) in [4.78, 5) is 26.7. The van der Waals surface area contributed by atoms with Gasteiger partial charge in [0.25, 0.3) is 0 Å². The van der Waals surface area contributed by atoms with Crippen LogP contribution >= 0.6 is 0 Å². The van der Waals surface area contributed by atoms with Gasteiger partial charge < -0.3 is 20.8 Å². The number of carboxylic acids is 2. The Labute approximate surface area is 114 Å². The van der Waals surface area contributed by atoms with E-state index in [1.54, 1.807) is 12.1 Å². The van der Waals surface area contributed by atoms with Crippen molar-refractivity contribution in [3.8, 4) is 0 Å². The van der Waals surface area contributed by atoms with E-state index in [1.165, 1.54) is 12.1 Å². The largest absolute Gasteiger partial charge is 0.480 e. The van der Waals surface area contributed by atoms with Gasteiger partial charge in [-0.15, -0.1) is 0 Å². The summed E-state index contributed by atoms with van der Waals surface area (Å²) in [5.74, 6) is -2.11. The Morgan fingerprint density at radius 1 is 1.45 bits per heavy atom. The van der Waals surface area contributed by atoms with Crippen molar-refractivity contribution in [1.82, 2.24) is 0 Å². The number of nitrogens with two attached hydrogens (primary N) is 1. The fourth-order valence-electron chi connectivity index (χ4n) is 1.94. The summed E-state index contributed by atoms with van der Waals surface area (Å²) in [6.07, 6.45) is 0.162. The van der Waals surface area contributed by atoms with Crippen LogP contribution in [0.5, 0.6) is 0 Å². The average molecular weight is 278 g/mol. The van der Waals surface area contributed by atoms with E-state index >= 15 is 0 Å². The van der Waals surface area contributed by atoms with E-state index in [1.807, 2.05) is 0 Å². The zero-order chi connectivity index (χ0) is 14.7. The molecule has 0 amide bonds. The van der Waals surface area contributed by atoms with E-state index in [4.69, 9.17) is 20.8 Å². The molecule has 4 N–H and O–H groups in total. The summed E-state index contributed by atoms with van der Waals surface area (Å²) in [5, 5.41) is 21.5. The molecular weight excluding hydrogens is 264 g/mol. The molecule has 0 radical (unpaired) electrons. The van der Waals surface area contributed by atoms with Crippen LogP contribution in [0.2, 0.25) is 0 Å². The Morgan fingerprint density at radius 3 is 2.85 bits per heavy atom. The summed E-state index contributed by atoms with van der Waals surface area (Å²) < 4.78 is 0. The van der Waals surface area contributed by atoms with Crippen LogP contribution in [0.1, 0.15) is 28.8 Å². The van der Waals surface area contributed by atoms with Crippen LogP contribution in [0.25, 0.3) is 0 Å². The first-order valence-electron chi connectivity index (χ1n) is 6.02. The Bertz CT molecular complexity index is 570. The van der Waals surface area contributed by atoms with Crippen molar-refractivity contribution in [3.05, 3.63) is 35.4 Å². The molecule has 0 bridgehead atoms. The van der Waals surface area contributed by atoms with Crippen molar-refractivity contribution in [1.29, 1.82) is 0 Å². The number of nitrogens with zero attached hydrogens (tertiary/aromatic N) is 1. The third-order valence-electron chi connectivity index (χ3n) is 3.01.